The van der Waals surface area contributed by atoms with E-state index in [0.717, 1.165) is 16.8 Å². The molecule has 0 aromatic heterocycles. The van der Waals surface area contributed by atoms with Crippen LogP contribution in [-0.4, -0.2) is 25.0 Å². The van der Waals surface area contributed by atoms with Crippen molar-refractivity contribution in [2.75, 3.05) is 18.0 Å². The smallest absolute Gasteiger partial charge is 0.333 e. The topological polar surface area (TPSA) is 46.6 Å². The molecule has 0 spiro atoms. The minimum absolute atomic E-state index is 0.0928. The molecule has 3 rings (SSSR count). The molecule has 2 aromatic rings. The summed E-state index contributed by atoms with van der Waals surface area (Å²) in [7, 11) is 0. The number of cyclic esters (lactones) is 2. The van der Waals surface area contributed by atoms with Crippen LogP contribution in [0.25, 0.3) is 11.1 Å². The first kappa shape index (κ1) is 12.4. The lowest BCUT2D eigenvalue weighted by Gasteiger charge is -2.28. The average Bonchev–Trinajstić information content (AvgIpc) is 2.47. The van der Waals surface area contributed by atoms with Crippen LogP contribution in [0.4, 0.5) is 5.69 Å². The van der Waals surface area contributed by atoms with Gasteiger partial charge in [-0.3, -0.25) is 0 Å². The zero-order valence-electron chi connectivity index (χ0n) is 10.8. The molecule has 20 heavy (non-hydrogen) atoms. The molecule has 4 heteroatoms. The predicted molar refractivity (Wildman–Crippen MR) is 75.2 cm³/mol. The minimum Gasteiger partial charge on any atom is -0.390 e. The molecule has 2 aromatic carbocycles. The van der Waals surface area contributed by atoms with Crippen molar-refractivity contribution in [2.45, 2.75) is 0 Å². The van der Waals surface area contributed by atoms with E-state index >= 15 is 0 Å². The van der Waals surface area contributed by atoms with Crippen molar-refractivity contribution in [1.82, 2.24) is 0 Å². The third-order valence-corrected chi connectivity index (χ3v) is 3.20. The average molecular weight is 267 g/mol. The fraction of sp³-hybridized carbons (Fsp3) is 0.125. The van der Waals surface area contributed by atoms with E-state index < -0.39 is 11.9 Å². The van der Waals surface area contributed by atoms with Crippen LogP contribution >= 0.6 is 0 Å². The van der Waals surface area contributed by atoms with Crippen molar-refractivity contribution in [2.24, 2.45) is 0 Å². The van der Waals surface area contributed by atoms with E-state index in [1.54, 1.807) is 4.90 Å². The van der Waals surface area contributed by atoms with E-state index in [9.17, 15) is 9.59 Å². The number of para-hydroxylation sites is 1. The number of ether oxygens (including phenoxy) is 1. The van der Waals surface area contributed by atoms with E-state index in [1.807, 2.05) is 54.6 Å². The zero-order valence-corrected chi connectivity index (χ0v) is 10.8. The van der Waals surface area contributed by atoms with Crippen LogP contribution in [0.5, 0.6) is 0 Å². The van der Waals surface area contributed by atoms with Gasteiger partial charge in [-0.1, -0.05) is 48.5 Å². The van der Waals surface area contributed by atoms with Crippen LogP contribution in [0, 0.1) is 0 Å². The Morgan fingerprint density at radius 2 is 1.40 bits per heavy atom. The van der Waals surface area contributed by atoms with Gasteiger partial charge in [0.2, 0.25) is 0 Å². The molecule has 0 N–H and O–H groups in total. The Balaban J connectivity index is 2.02. The third kappa shape index (κ3) is 2.40. The molecule has 0 bridgehead atoms. The summed E-state index contributed by atoms with van der Waals surface area (Å²) in [6, 6.07) is 17.6. The lowest BCUT2D eigenvalue weighted by Crippen LogP contribution is -2.43. The van der Waals surface area contributed by atoms with Gasteiger partial charge in [-0.05, 0) is 11.6 Å². The van der Waals surface area contributed by atoms with Gasteiger partial charge in [-0.2, -0.15) is 0 Å². The van der Waals surface area contributed by atoms with Gasteiger partial charge >= 0.3 is 11.9 Å². The van der Waals surface area contributed by atoms with Crippen molar-refractivity contribution >= 4 is 17.6 Å². The fourth-order valence-electron chi connectivity index (χ4n) is 2.34. The monoisotopic (exact) mass is 267 g/mol. The molecule has 100 valence electrons. The number of carbonyl (C=O) groups excluding carboxylic acids is 2. The maximum Gasteiger partial charge on any atom is 0.333 e. The number of morpholine rings is 1. The van der Waals surface area contributed by atoms with E-state index in [2.05, 4.69) is 4.74 Å². The Bertz CT molecular complexity index is 636. The number of nitrogens with zero attached hydrogens (tertiary/aromatic N) is 1. The highest BCUT2D eigenvalue weighted by Gasteiger charge is 2.26. The number of anilines is 1. The Morgan fingerprint density at radius 1 is 0.800 bits per heavy atom. The number of hydrogen-bond donors (Lipinski definition) is 0. The van der Waals surface area contributed by atoms with Crippen LogP contribution in [-0.2, 0) is 14.3 Å². The molecule has 1 saturated heterocycles. The number of carbonyl (C=O) groups is 2. The summed E-state index contributed by atoms with van der Waals surface area (Å²) in [5.74, 6) is -1.02. The second-order valence-electron chi connectivity index (χ2n) is 4.59. The van der Waals surface area contributed by atoms with E-state index in [4.69, 9.17) is 0 Å². The van der Waals surface area contributed by atoms with Gasteiger partial charge < -0.3 is 9.64 Å². The molecule has 0 atom stereocenters. The zero-order chi connectivity index (χ0) is 13.9. The molecule has 1 heterocycles. The van der Waals surface area contributed by atoms with Gasteiger partial charge in [-0.15, -0.1) is 0 Å². The molecule has 0 radical (unpaired) electrons. The molecule has 0 aliphatic carbocycles. The van der Waals surface area contributed by atoms with Gasteiger partial charge in [0.1, 0.15) is 13.1 Å². The fourth-order valence-corrected chi connectivity index (χ4v) is 2.34. The Hall–Kier alpha value is -2.62. The Morgan fingerprint density at radius 3 is 2.10 bits per heavy atom. The minimum atomic E-state index is -0.510. The van der Waals surface area contributed by atoms with Gasteiger partial charge in [-0.25, -0.2) is 9.59 Å². The summed E-state index contributed by atoms with van der Waals surface area (Å²) in [6.45, 7) is 0.186. The summed E-state index contributed by atoms with van der Waals surface area (Å²) in [5.41, 5.74) is 2.91. The summed E-state index contributed by atoms with van der Waals surface area (Å²) in [4.78, 5) is 24.6. The SMILES string of the molecule is O=C1CN(c2ccccc2-c2ccccc2)CC(=O)O1. The van der Waals surface area contributed by atoms with Crippen LogP contribution < -0.4 is 4.90 Å². The molecule has 0 unspecified atom stereocenters. The van der Waals surface area contributed by atoms with Crippen LogP contribution in [0.15, 0.2) is 54.6 Å². The van der Waals surface area contributed by atoms with Crippen molar-refractivity contribution in [1.29, 1.82) is 0 Å². The maximum absolute atomic E-state index is 11.4. The summed E-state index contributed by atoms with van der Waals surface area (Å²) in [5, 5.41) is 0. The highest BCUT2D eigenvalue weighted by Crippen LogP contribution is 2.31. The van der Waals surface area contributed by atoms with E-state index in [0.29, 0.717) is 0 Å². The second-order valence-corrected chi connectivity index (χ2v) is 4.59. The predicted octanol–water partition coefficient (Wildman–Crippen LogP) is 2.24. The van der Waals surface area contributed by atoms with Crippen molar-refractivity contribution in [3.8, 4) is 11.1 Å². The Kier molecular flexibility index (Phi) is 3.21. The maximum atomic E-state index is 11.4. The lowest BCUT2D eigenvalue weighted by molar-refractivity contribution is -0.160. The number of rotatable bonds is 2. The van der Waals surface area contributed by atoms with Gasteiger partial charge in [0.25, 0.3) is 0 Å². The number of esters is 2. The molecular formula is C16H13NO3. The summed E-state index contributed by atoms with van der Waals surface area (Å²) < 4.78 is 4.56. The molecular weight excluding hydrogens is 254 g/mol. The first-order valence-corrected chi connectivity index (χ1v) is 6.37. The molecule has 1 aliphatic heterocycles. The number of benzene rings is 2. The molecule has 0 amide bonds. The van der Waals surface area contributed by atoms with E-state index in [-0.39, 0.29) is 13.1 Å². The molecule has 1 fully saturated rings. The summed E-state index contributed by atoms with van der Waals surface area (Å²) >= 11 is 0. The normalized spacial score (nSPS) is 15.1. The quantitative estimate of drug-likeness (QED) is 0.618. The van der Waals surface area contributed by atoms with Crippen molar-refractivity contribution in [3.05, 3.63) is 54.6 Å². The molecule has 1 aliphatic rings. The standard InChI is InChI=1S/C16H13NO3/c18-15-10-17(11-16(19)20-15)14-9-5-4-8-13(14)12-6-2-1-3-7-12/h1-9H,10-11H2. The van der Waals surface area contributed by atoms with Gasteiger partial charge in [0.05, 0.1) is 0 Å². The van der Waals surface area contributed by atoms with Crippen LogP contribution in [0.2, 0.25) is 0 Å². The molecule has 4 nitrogen and oxygen atoms in total. The Labute approximate surface area is 116 Å². The first-order chi connectivity index (χ1) is 9.74. The van der Waals surface area contributed by atoms with Crippen molar-refractivity contribution < 1.29 is 14.3 Å². The van der Waals surface area contributed by atoms with Gasteiger partial charge in [0.15, 0.2) is 0 Å². The molecule has 0 saturated carbocycles. The second kappa shape index (κ2) is 5.17. The van der Waals surface area contributed by atoms with Crippen molar-refractivity contribution in [3.63, 3.8) is 0 Å². The first-order valence-electron chi connectivity index (χ1n) is 6.37. The third-order valence-electron chi connectivity index (χ3n) is 3.20. The van der Waals surface area contributed by atoms with E-state index in [1.165, 1.54) is 0 Å². The number of hydrogen-bond acceptors (Lipinski definition) is 4. The highest BCUT2D eigenvalue weighted by atomic mass is 16.6. The largest absolute Gasteiger partial charge is 0.390 e. The van der Waals surface area contributed by atoms with Gasteiger partial charge in [0, 0.05) is 11.3 Å². The van der Waals surface area contributed by atoms with Crippen LogP contribution in [0.3, 0.4) is 0 Å². The summed E-state index contributed by atoms with van der Waals surface area (Å²) in [6.07, 6.45) is 0. The highest BCUT2D eigenvalue weighted by molar-refractivity contribution is 5.96. The lowest BCUT2D eigenvalue weighted by atomic mass is 10.0. The van der Waals surface area contributed by atoms with Crippen LogP contribution in [0.1, 0.15) is 0 Å².